The molecule has 1 fully saturated rings. The summed E-state index contributed by atoms with van der Waals surface area (Å²) in [5.74, 6) is 0. The summed E-state index contributed by atoms with van der Waals surface area (Å²) in [6, 6.07) is 1.00. The number of aromatic nitrogens is 2. The first-order chi connectivity index (χ1) is 9.73. The highest BCUT2D eigenvalue weighted by Crippen LogP contribution is 2.41. The zero-order chi connectivity index (χ0) is 15.8. The number of nitrogens with one attached hydrogen (secondary N) is 1. The summed E-state index contributed by atoms with van der Waals surface area (Å²) >= 11 is 0. The number of hydrogen-bond acceptors (Lipinski definition) is 6. The number of aromatic amines is 1. The number of nitrogens with zero attached hydrogens (tertiary/aromatic N) is 1. The van der Waals surface area contributed by atoms with Crippen LogP contribution in [0.15, 0.2) is 21.9 Å². The van der Waals surface area contributed by atoms with Crippen molar-refractivity contribution in [2.24, 2.45) is 0 Å². The first-order valence-electron chi connectivity index (χ1n) is 5.93. The van der Waals surface area contributed by atoms with E-state index in [1.165, 1.54) is 0 Å². The fraction of sp³-hybridized carbons (Fsp3) is 0.600. The molecule has 118 valence electrons. The molecule has 1 aromatic heterocycles. The standard InChI is InChI=1S/C10H14FN2O7P/c1-10(11)7(15)5(4-19-21(17)18)20-8(10)13-3-2-6(14)12-9(13)16/h2-3,5,7-8,15,21H,4H2,1H3,(H,17,18)(H,12,14,16)/t5-,7-,8-,10-/m1/s1/i1+1. The maximum absolute atomic E-state index is 14.6. The van der Waals surface area contributed by atoms with E-state index in [1.54, 1.807) is 0 Å². The fourth-order valence-corrected chi connectivity index (χ4v) is 2.42. The summed E-state index contributed by atoms with van der Waals surface area (Å²) in [6.07, 6.45) is -3.38. The van der Waals surface area contributed by atoms with Gasteiger partial charge in [0, 0.05) is 12.3 Å². The SMILES string of the molecule is [13CH3][C@@]1(F)[C@H](O)[C@@H](CO[PH](=O)O)O[C@H]1n1ccc(=O)[nH]c1=O. The molecule has 21 heavy (non-hydrogen) atoms. The second kappa shape index (κ2) is 5.82. The number of hydrogen-bond donors (Lipinski definition) is 3. The summed E-state index contributed by atoms with van der Waals surface area (Å²) in [4.78, 5) is 33.2. The van der Waals surface area contributed by atoms with Gasteiger partial charge >= 0.3 is 13.9 Å². The average Bonchev–Trinajstić information content (AvgIpc) is 2.60. The zero-order valence-corrected chi connectivity index (χ0v) is 11.9. The predicted octanol–water partition coefficient (Wildman–Crippen LogP) is -1.08. The van der Waals surface area contributed by atoms with Gasteiger partial charge in [-0.3, -0.25) is 18.9 Å². The van der Waals surface area contributed by atoms with E-state index in [0.29, 0.717) is 0 Å². The Labute approximate surface area is 117 Å². The molecule has 5 atom stereocenters. The van der Waals surface area contributed by atoms with E-state index in [9.17, 15) is 23.7 Å². The molecule has 11 heteroatoms. The Bertz CT molecular complexity index is 657. The smallest absolute Gasteiger partial charge is 0.330 e. The van der Waals surface area contributed by atoms with Crippen LogP contribution < -0.4 is 11.2 Å². The predicted molar refractivity (Wildman–Crippen MR) is 67.9 cm³/mol. The number of rotatable bonds is 4. The van der Waals surface area contributed by atoms with Crippen LogP contribution in [0, 0.1) is 0 Å². The monoisotopic (exact) mass is 325 g/mol. The first-order valence-corrected chi connectivity index (χ1v) is 7.19. The molecule has 1 aliphatic heterocycles. The van der Waals surface area contributed by atoms with Crippen molar-refractivity contribution in [3.05, 3.63) is 33.1 Å². The van der Waals surface area contributed by atoms with Crippen LogP contribution in [0.25, 0.3) is 0 Å². The molecule has 0 aromatic carbocycles. The fourth-order valence-electron chi connectivity index (χ4n) is 2.12. The van der Waals surface area contributed by atoms with Crippen LogP contribution in [-0.4, -0.2) is 44.0 Å². The number of halogens is 1. The van der Waals surface area contributed by atoms with Crippen LogP contribution in [0.1, 0.15) is 13.2 Å². The summed E-state index contributed by atoms with van der Waals surface area (Å²) < 4.78 is 35.5. The van der Waals surface area contributed by atoms with Gasteiger partial charge in [-0.05, 0) is 6.92 Å². The molecule has 2 heterocycles. The Morgan fingerprint density at radius 3 is 2.86 bits per heavy atom. The van der Waals surface area contributed by atoms with E-state index in [2.05, 4.69) is 4.52 Å². The highest BCUT2D eigenvalue weighted by atomic mass is 31.1. The van der Waals surface area contributed by atoms with Crippen LogP contribution in [0.2, 0.25) is 0 Å². The topological polar surface area (TPSA) is 131 Å². The number of H-pyrrole nitrogens is 1. The second-order valence-electron chi connectivity index (χ2n) is 4.72. The number of aliphatic hydroxyl groups excluding tert-OH is 1. The number of ether oxygens (including phenoxy) is 1. The van der Waals surface area contributed by atoms with Crippen molar-refractivity contribution in [3.8, 4) is 0 Å². The highest BCUT2D eigenvalue weighted by molar-refractivity contribution is 7.32. The minimum atomic E-state index is -3.26. The van der Waals surface area contributed by atoms with Gasteiger partial charge in [-0.2, -0.15) is 0 Å². The van der Waals surface area contributed by atoms with Gasteiger partial charge in [0.25, 0.3) is 5.56 Å². The minimum absolute atomic E-state index is 0.510. The van der Waals surface area contributed by atoms with Crippen molar-refractivity contribution >= 4 is 8.25 Å². The molecule has 1 unspecified atom stereocenters. The van der Waals surface area contributed by atoms with Gasteiger partial charge in [-0.25, -0.2) is 9.18 Å². The molecule has 0 spiro atoms. The quantitative estimate of drug-likeness (QED) is 0.474. The van der Waals surface area contributed by atoms with E-state index < -0.39 is 50.2 Å². The molecule has 9 nitrogen and oxygen atoms in total. The lowest BCUT2D eigenvalue weighted by atomic mass is 10.0. The van der Waals surface area contributed by atoms with Crippen LogP contribution >= 0.6 is 8.25 Å². The second-order valence-corrected chi connectivity index (χ2v) is 5.54. The van der Waals surface area contributed by atoms with E-state index in [-0.39, 0.29) is 0 Å². The molecule has 1 aliphatic rings. The molecule has 0 saturated carbocycles. The average molecular weight is 325 g/mol. The molecule has 1 saturated heterocycles. The van der Waals surface area contributed by atoms with Gasteiger partial charge in [0.15, 0.2) is 11.9 Å². The lowest BCUT2D eigenvalue weighted by Gasteiger charge is -2.24. The third-order valence-electron chi connectivity index (χ3n) is 3.19. The Balaban J connectivity index is 2.29. The molecule has 0 bridgehead atoms. The normalized spacial score (nSPS) is 34.0. The van der Waals surface area contributed by atoms with Gasteiger partial charge in [0.1, 0.15) is 12.2 Å². The van der Waals surface area contributed by atoms with Gasteiger partial charge in [0.05, 0.1) is 6.61 Å². The Morgan fingerprint density at radius 1 is 1.62 bits per heavy atom. The lowest BCUT2D eigenvalue weighted by Crippen LogP contribution is -2.43. The Hall–Kier alpha value is -1.32. The molecule has 3 N–H and O–H groups in total. The summed E-state index contributed by atoms with van der Waals surface area (Å²) in [7, 11) is -3.26. The van der Waals surface area contributed by atoms with Gasteiger partial charge in [-0.1, -0.05) is 0 Å². The van der Waals surface area contributed by atoms with Gasteiger partial charge in [-0.15, -0.1) is 0 Å². The van der Waals surface area contributed by atoms with Crippen LogP contribution in [0.5, 0.6) is 0 Å². The Morgan fingerprint density at radius 2 is 2.29 bits per heavy atom. The summed E-state index contributed by atoms with van der Waals surface area (Å²) in [5.41, 5.74) is -3.92. The minimum Gasteiger partial charge on any atom is -0.387 e. The third kappa shape index (κ3) is 3.14. The summed E-state index contributed by atoms with van der Waals surface area (Å²) in [5, 5.41) is 9.87. The zero-order valence-electron chi connectivity index (χ0n) is 10.9. The molecule has 0 aliphatic carbocycles. The van der Waals surface area contributed by atoms with Crippen molar-refractivity contribution in [3.63, 3.8) is 0 Å². The van der Waals surface area contributed by atoms with E-state index in [1.807, 2.05) is 4.98 Å². The molecule has 0 amide bonds. The molecule has 2 rings (SSSR count). The van der Waals surface area contributed by atoms with Crippen molar-refractivity contribution in [2.75, 3.05) is 6.61 Å². The van der Waals surface area contributed by atoms with Crippen LogP contribution in [0.4, 0.5) is 4.39 Å². The molecular weight excluding hydrogens is 311 g/mol. The first kappa shape index (κ1) is 16.1. The van der Waals surface area contributed by atoms with Crippen molar-refractivity contribution < 1.29 is 28.2 Å². The number of aliphatic hydroxyl groups is 1. The third-order valence-corrected chi connectivity index (χ3v) is 3.61. The lowest BCUT2D eigenvalue weighted by molar-refractivity contribution is -0.0587. The van der Waals surface area contributed by atoms with Crippen molar-refractivity contribution in [1.82, 2.24) is 9.55 Å². The Kier molecular flexibility index (Phi) is 4.45. The van der Waals surface area contributed by atoms with Gasteiger partial charge in [0.2, 0.25) is 0 Å². The van der Waals surface area contributed by atoms with E-state index in [0.717, 1.165) is 23.8 Å². The number of alkyl halides is 1. The maximum atomic E-state index is 14.6. The summed E-state index contributed by atoms with van der Waals surface area (Å²) in [6.45, 7) is 0.505. The molecular formula is C10H14FN2O7P. The largest absolute Gasteiger partial charge is 0.387 e. The highest BCUT2D eigenvalue weighted by Gasteiger charge is 2.55. The van der Waals surface area contributed by atoms with Crippen LogP contribution in [0.3, 0.4) is 0 Å². The van der Waals surface area contributed by atoms with Crippen molar-refractivity contribution in [2.45, 2.75) is 31.0 Å². The van der Waals surface area contributed by atoms with Gasteiger partial charge < -0.3 is 19.3 Å². The molecule has 1 aromatic rings. The van der Waals surface area contributed by atoms with E-state index in [4.69, 9.17) is 9.63 Å². The molecule has 0 radical (unpaired) electrons. The van der Waals surface area contributed by atoms with Crippen LogP contribution in [-0.2, 0) is 13.8 Å². The maximum Gasteiger partial charge on any atom is 0.330 e. The van der Waals surface area contributed by atoms with E-state index >= 15 is 0 Å². The van der Waals surface area contributed by atoms with Crippen molar-refractivity contribution in [1.29, 1.82) is 0 Å².